The summed E-state index contributed by atoms with van der Waals surface area (Å²) in [5.74, 6) is 0. The first kappa shape index (κ1) is 10.2. The second-order valence-corrected chi connectivity index (χ2v) is 4.50. The third-order valence-electron chi connectivity index (χ3n) is 3.38. The van der Waals surface area contributed by atoms with Gasteiger partial charge in [0.1, 0.15) is 0 Å². The fourth-order valence-corrected chi connectivity index (χ4v) is 2.54. The molecular weight excluding hydrogens is 238 g/mol. The van der Waals surface area contributed by atoms with Crippen molar-refractivity contribution in [1.82, 2.24) is 14.5 Å². The Hall–Kier alpha value is -2.75. The van der Waals surface area contributed by atoms with E-state index in [9.17, 15) is 4.79 Å². The van der Waals surface area contributed by atoms with Crippen LogP contribution in [0.2, 0.25) is 0 Å². The lowest BCUT2D eigenvalue weighted by molar-refractivity contribution is 1.02. The molecule has 2 aromatic heterocycles. The molecule has 0 bridgehead atoms. The molecule has 0 aliphatic carbocycles. The Balaban J connectivity index is 2.23. The van der Waals surface area contributed by atoms with E-state index in [4.69, 9.17) is 0 Å². The smallest absolute Gasteiger partial charge is 0.331 e. The number of rotatable bonds is 1. The number of imidazole rings is 1. The molecule has 0 radical (unpaired) electrons. The minimum Gasteiger partial charge on any atom is -0.359 e. The van der Waals surface area contributed by atoms with Crippen molar-refractivity contribution < 1.29 is 0 Å². The Morgan fingerprint density at radius 2 is 1.79 bits per heavy atom. The van der Waals surface area contributed by atoms with E-state index in [2.05, 4.69) is 9.97 Å². The summed E-state index contributed by atoms with van der Waals surface area (Å²) in [6.45, 7) is 0. The molecule has 2 aromatic carbocycles. The first-order valence-corrected chi connectivity index (χ1v) is 6.11. The summed E-state index contributed by atoms with van der Waals surface area (Å²) in [7, 11) is 0. The molecule has 2 heterocycles. The third-order valence-corrected chi connectivity index (χ3v) is 3.38. The van der Waals surface area contributed by atoms with Gasteiger partial charge in [-0.2, -0.15) is 0 Å². The van der Waals surface area contributed by atoms with Crippen LogP contribution in [0.25, 0.3) is 27.6 Å². The number of hydrogen-bond acceptors (Lipinski definition) is 1. The number of nitrogens with zero attached hydrogens (tertiary/aromatic N) is 1. The van der Waals surface area contributed by atoms with E-state index in [1.165, 1.54) is 0 Å². The molecule has 2 N–H and O–H groups in total. The summed E-state index contributed by atoms with van der Waals surface area (Å²) >= 11 is 0. The predicted molar refractivity (Wildman–Crippen MR) is 75.8 cm³/mol. The van der Waals surface area contributed by atoms with E-state index < -0.39 is 0 Å². The molecule has 4 aromatic rings. The summed E-state index contributed by atoms with van der Waals surface area (Å²) in [6.07, 6.45) is 1.89. The highest BCUT2D eigenvalue weighted by Crippen LogP contribution is 2.24. The highest BCUT2D eigenvalue weighted by molar-refractivity contribution is 6.02. The summed E-state index contributed by atoms with van der Waals surface area (Å²) in [4.78, 5) is 18.3. The first-order valence-electron chi connectivity index (χ1n) is 6.11. The number of benzene rings is 2. The van der Waals surface area contributed by atoms with Gasteiger partial charge in [0, 0.05) is 11.6 Å². The van der Waals surface area contributed by atoms with Gasteiger partial charge < -0.3 is 9.97 Å². The molecular formula is C15H11N3O. The molecule has 0 aliphatic rings. The maximum Gasteiger partial charge on any atom is 0.331 e. The van der Waals surface area contributed by atoms with Crippen LogP contribution in [0.15, 0.2) is 59.5 Å². The molecule has 0 spiro atoms. The molecule has 0 unspecified atom stereocenters. The molecule has 92 valence electrons. The summed E-state index contributed by atoms with van der Waals surface area (Å²) < 4.78 is 1.70. The number of nitrogens with one attached hydrogen (secondary N) is 2. The molecule has 0 aliphatic heterocycles. The third kappa shape index (κ3) is 1.37. The van der Waals surface area contributed by atoms with Crippen molar-refractivity contribution in [3.63, 3.8) is 0 Å². The van der Waals surface area contributed by atoms with Crippen LogP contribution in [0, 0.1) is 0 Å². The average molecular weight is 249 g/mol. The highest BCUT2D eigenvalue weighted by atomic mass is 16.1. The van der Waals surface area contributed by atoms with Crippen LogP contribution in [0.3, 0.4) is 0 Å². The molecule has 0 saturated heterocycles. The van der Waals surface area contributed by atoms with Gasteiger partial charge in [0.05, 0.1) is 22.2 Å². The highest BCUT2D eigenvalue weighted by Gasteiger charge is 2.12. The van der Waals surface area contributed by atoms with Crippen LogP contribution >= 0.6 is 0 Å². The number of para-hydroxylation sites is 1. The quantitative estimate of drug-likeness (QED) is 0.535. The van der Waals surface area contributed by atoms with Gasteiger partial charge in [0.2, 0.25) is 0 Å². The van der Waals surface area contributed by atoms with Gasteiger partial charge >= 0.3 is 5.69 Å². The second kappa shape index (κ2) is 3.62. The van der Waals surface area contributed by atoms with Gasteiger partial charge in [-0.05, 0) is 24.3 Å². The molecule has 0 atom stereocenters. The van der Waals surface area contributed by atoms with E-state index in [1.54, 1.807) is 4.57 Å². The van der Waals surface area contributed by atoms with Gasteiger partial charge in [0.25, 0.3) is 0 Å². The summed E-state index contributed by atoms with van der Waals surface area (Å²) in [6, 6.07) is 15.6. The Kier molecular flexibility index (Phi) is 1.94. The van der Waals surface area contributed by atoms with Crippen molar-refractivity contribution in [3.05, 3.63) is 65.2 Å². The van der Waals surface area contributed by atoms with Gasteiger partial charge in [-0.3, -0.25) is 4.57 Å². The summed E-state index contributed by atoms with van der Waals surface area (Å²) in [5.41, 5.74) is 3.44. The van der Waals surface area contributed by atoms with E-state index in [0.29, 0.717) is 0 Å². The topological polar surface area (TPSA) is 53.6 Å². The van der Waals surface area contributed by atoms with Crippen LogP contribution in [-0.4, -0.2) is 14.5 Å². The fraction of sp³-hybridized carbons (Fsp3) is 0. The van der Waals surface area contributed by atoms with Crippen molar-refractivity contribution in [3.8, 4) is 5.69 Å². The molecule has 19 heavy (non-hydrogen) atoms. The van der Waals surface area contributed by atoms with Crippen LogP contribution in [0.5, 0.6) is 0 Å². The number of aromatic amines is 2. The monoisotopic (exact) mass is 249 g/mol. The fourth-order valence-electron chi connectivity index (χ4n) is 2.54. The number of H-pyrrole nitrogens is 2. The molecule has 0 saturated carbocycles. The minimum atomic E-state index is -0.122. The van der Waals surface area contributed by atoms with Crippen molar-refractivity contribution in [2.24, 2.45) is 0 Å². The number of fused-ring (bicyclic) bond motifs is 3. The van der Waals surface area contributed by atoms with Crippen LogP contribution in [-0.2, 0) is 0 Å². The van der Waals surface area contributed by atoms with Crippen molar-refractivity contribution in [2.75, 3.05) is 0 Å². The molecule has 4 nitrogen and oxygen atoms in total. The van der Waals surface area contributed by atoms with Gasteiger partial charge in [0.15, 0.2) is 0 Å². The van der Waals surface area contributed by atoms with E-state index >= 15 is 0 Å². The van der Waals surface area contributed by atoms with E-state index in [1.807, 2.05) is 54.7 Å². The zero-order valence-electron chi connectivity index (χ0n) is 10.1. The van der Waals surface area contributed by atoms with E-state index in [-0.39, 0.29) is 5.69 Å². The van der Waals surface area contributed by atoms with Crippen LogP contribution in [0.1, 0.15) is 0 Å². The van der Waals surface area contributed by atoms with Crippen molar-refractivity contribution in [2.45, 2.75) is 0 Å². The lowest BCUT2D eigenvalue weighted by Gasteiger charge is -2.03. The van der Waals surface area contributed by atoms with Gasteiger partial charge in [-0.15, -0.1) is 0 Å². The largest absolute Gasteiger partial charge is 0.359 e. The number of hydrogen-bond donors (Lipinski definition) is 2. The first-order chi connectivity index (χ1) is 9.34. The standard InChI is InChI=1S/C15H11N3O/c19-15-17-12-7-6-10-8-9-16-13(10)14(12)18(15)11-4-2-1-3-5-11/h1-9,16H,(H,17,19). The van der Waals surface area contributed by atoms with Crippen molar-refractivity contribution in [1.29, 1.82) is 0 Å². The Morgan fingerprint density at radius 3 is 2.63 bits per heavy atom. The maximum absolute atomic E-state index is 12.2. The molecule has 0 fully saturated rings. The predicted octanol–water partition coefficient (Wildman–Crippen LogP) is 2.80. The number of aromatic nitrogens is 3. The molecule has 4 heteroatoms. The maximum atomic E-state index is 12.2. The van der Waals surface area contributed by atoms with Gasteiger partial charge in [-0.1, -0.05) is 24.3 Å². The zero-order valence-corrected chi connectivity index (χ0v) is 10.1. The Bertz CT molecular complexity index is 928. The molecule has 0 amide bonds. The zero-order chi connectivity index (χ0) is 12.8. The lowest BCUT2D eigenvalue weighted by Crippen LogP contribution is -2.14. The minimum absolute atomic E-state index is 0.122. The Morgan fingerprint density at radius 1 is 0.947 bits per heavy atom. The Labute approximate surface area is 108 Å². The van der Waals surface area contributed by atoms with Crippen LogP contribution < -0.4 is 5.69 Å². The van der Waals surface area contributed by atoms with Crippen LogP contribution in [0.4, 0.5) is 0 Å². The normalized spacial score (nSPS) is 11.4. The lowest BCUT2D eigenvalue weighted by atomic mass is 10.2. The average Bonchev–Trinajstić information content (AvgIpc) is 3.02. The summed E-state index contributed by atoms with van der Waals surface area (Å²) in [5, 5.41) is 1.09. The SMILES string of the molecule is O=c1[nH]c2ccc3cc[nH]c3c2n1-c1ccccc1. The second-order valence-electron chi connectivity index (χ2n) is 4.50. The van der Waals surface area contributed by atoms with E-state index in [0.717, 1.165) is 27.6 Å². The molecule has 4 rings (SSSR count). The van der Waals surface area contributed by atoms with Crippen molar-refractivity contribution >= 4 is 21.9 Å². The van der Waals surface area contributed by atoms with Gasteiger partial charge in [-0.25, -0.2) is 4.79 Å².